The maximum absolute atomic E-state index is 13.1. The molecule has 6 nitrogen and oxygen atoms in total. The predicted octanol–water partition coefficient (Wildman–Crippen LogP) is 5.39. The lowest BCUT2D eigenvalue weighted by Gasteiger charge is -2.17. The fourth-order valence-corrected chi connectivity index (χ4v) is 2.91. The van der Waals surface area contributed by atoms with E-state index in [4.69, 9.17) is 4.74 Å². The number of carbonyl (C=O) groups is 2. The molecule has 3 aromatic carbocycles. The van der Waals surface area contributed by atoms with Gasteiger partial charge in [-0.15, -0.1) is 0 Å². The van der Waals surface area contributed by atoms with E-state index in [0.717, 1.165) is 11.1 Å². The van der Waals surface area contributed by atoms with Gasteiger partial charge in [0, 0.05) is 29.3 Å². The van der Waals surface area contributed by atoms with Crippen molar-refractivity contribution in [3.63, 3.8) is 0 Å². The highest BCUT2D eigenvalue weighted by Gasteiger charge is 2.25. The van der Waals surface area contributed by atoms with Gasteiger partial charge in [0.1, 0.15) is 0 Å². The molecule has 156 valence electrons. The third-order valence-electron chi connectivity index (χ3n) is 4.70. The number of Topliss-reactive ketones (excluding diaryl/α,β-unsaturated/α-hetero) is 1. The highest BCUT2D eigenvalue weighted by atomic mass is 16.6. The van der Waals surface area contributed by atoms with E-state index >= 15 is 0 Å². The molecular formula is C25H21NO5. The van der Waals surface area contributed by atoms with E-state index in [1.807, 2.05) is 38.1 Å². The average Bonchev–Trinajstić information content (AvgIpc) is 2.77. The van der Waals surface area contributed by atoms with E-state index < -0.39 is 17.0 Å². The van der Waals surface area contributed by atoms with Gasteiger partial charge in [-0.25, -0.2) is 4.79 Å². The van der Waals surface area contributed by atoms with Crippen LogP contribution in [0, 0.1) is 24.0 Å². The van der Waals surface area contributed by atoms with Gasteiger partial charge in [-0.3, -0.25) is 14.9 Å². The van der Waals surface area contributed by atoms with Crippen LogP contribution in [0.5, 0.6) is 0 Å². The second-order valence-corrected chi connectivity index (χ2v) is 7.14. The maximum atomic E-state index is 13.1. The lowest BCUT2D eigenvalue weighted by Crippen LogP contribution is -2.19. The lowest BCUT2D eigenvalue weighted by atomic mass is 9.98. The summed E-state index contributed by atoms with van der Waals surface area (Å²) in [5.74, 6) is -1.01. The Morgan fingerprint density at radius 3 is 1.97 bits per heavy atom. The highest BCUT2D eigenvalue weighted by Crippen LogP contribution is 2.24. The number of carbonyl (C=O) groups excluding carboxylic acids is 2. The number of esters is 1. The number of hydrogen-bond acceptors (Lipinski definition) is 5. The summed E-state index contributed by atoms with van der Waals surface area (Å²) in [4.78, 5) is 35.8. The van der Waals surface area contributed by atoms with Crippen LogP contribution in [0.1, 0.15) is 38.7 Å². The topological polar surface area (TPSA) is 86.5 Å². The quantitative estimate of drug-likeness (QED) is 0.170. The maximum Gasteiger partial charge on any atom is 0.331 e. The summed E-state index contributed by atoms with van der Waals surface area (Å²) in [6.45, 7) is 3.86. The molecule has 3 aromatic rings. The molecule has 0 saturated carbocycles. The van der Waals surface area contributed by atoms with Gasteiger partial charge >= 0.3 is 5.97 Å². The molecule has 0 saturated heterocycles. The first-order valence-electron chi connectivity index (χ1n) is 9.64. The van der Waals surface area contributed by atoms with Crippen molar-refractivity contribution in [3.05, 3.63) is 117 Å². The predicted molar refractivity (Wildman–Crippen MR) is 118 cm³/mol. The molecule has 0 radical (unpaired) electrons. The number of ketones is 1. The van der Waals surface area contributed by atoms with Gasteiger partial charge in [-0.1, -0.05) is 59.7 Å². The molecule has 0 aromatic heterocycles. The number of nitro groups is 1. The van der Waals surface area contributed by atoms with Crippen LogP contribution in [0.3, 0.4) is 0 Å². The Morgan fingerprint density at radius 1 is 0.871 bits per heavy atom. The minimum absolute atomic E-state index is 0.0390. The van der Waals surface area contributed by atoms with Crippen LogP contribution in [0.2, 0.25) is 0 Å². The first-order valence-corrected chi connectivity index (χ1v) is 9.64. The Hall–Kier alpha value is -4.06. The molecule has 6 heteroatoms. The van der Waals surface area contributed by atoms with Gasteiger partial charge in [0.25, 0.3) is 5.69 Å². The van der Waals surface area contributed by atoms with E-state index in [0.29, 0.717) is 16.7 Å². The molecular weight excluding hydrogens is 394 g/mol. The summed E-state index contributed by atoms with van der Waals surface area (Å²) in [6, 6.07) is 20.1. The van der Waals surface area contributed by atoms with Gasteiger partial charge in [-0.05, 0) is 37.6 Å². The van der Waals surface area contributed by atoms with Crippen molar-refractivity contribution in [2.45, 2.75) is 20.0 Å². The molecule has 3 rings (SSSR count). The number of rotatable bonds is 7. The summed E-state index contributed by atoms with van der Waals surface area (Å²) >= 11 is 0. The van der Waals surface area contributed by atoms with Gasteiger partial charge in [0.15, 0.2) is 6.10 Å². The first-order chi connectivity index (χ1) is 14.8. The molecule has 0 spiro atoms. The second-order valence-electron chi connectivity index (χ2n) is 7.14. The van der Waals surface area contributed by atoms with Crippen molar-refractivity contribution in [1.82, 2.24) is 0 Å². The number of aryl methyl sites for hydroxylation is 2. The SMILES string of the molecule is Cc1ccc(C(=O)[C@H](OC(=O)/C=C/c2ccc([N+](=O)[O-])cc2)c2ccc(C)cc2)cc1. The summed E-state index contributed by atoms with van der Waals surface area (Å²) < 4.78 is 5.52. The van der Waals surface area contributed by atoms with Crippen LogP contribution in [0.4, 0.5) is 5.69 Å². The zero-order valence-corrected chi connectivity index (χ0v) is 17.1. The van der Waals surface area contributed by atoms with Crippen LogP contribution >= 0.6 is 0 Å². The van der Waals surface area contributed by atoms with E-state index in [9.17, 15) is 19.7 Å². The number of nitrogens with zero attached hydrogens (tertiary/aromatic N) is 1. The van der Waals surface area contributed by atoms with E-state index in [1.165, 1.54) is 36.4 Å². The molecule has 0 amide bonds. The van der Waals surface area contributed by atoms with Crippen LogP contribution < -0.4 is 0 Å². The monoisotopic (exact) mass is 415 g/mol. The lowest BCUT2D eigenvalue weighted by molar-refractivity contribution is -0.384. The largest absolute Gasteiger partial charge is 0.446 e. The molecule has 31 heavy (non-hydrogen) atoms. The molecule has 0 bridgehead atoms. The molecule has 0 fully saturated rings. The van der Waals surface area contributed by atoms with Crippen LogP contribution in [0.15, 0.2) is 78.9 Å². The van der Waals surface area contributed by atoms with Crippen molar-refractivity contribution in [1.29, 1.82) is 0 Å². The number of ether oxygens (including phenoxy) is 1. The molecule has 0 aliphatic heterocycles. The Labute approximate surface area is 180 Å². The van der Waals surface area contributed by atoms with Gasteiger partial charge < -0.3 is 4.74 Å². The van der Waals surface area contributed by atoms with Crippen molar-refractivity contribution in [2.75, 3.05) is 0 Å². The Bertz CT molecular complexity index is 1110. The number of benzene rings is 3. The van der Waals surface area contributed by atoms with Crippen molar-refractivity contribution in [3.8, 4) is 0 Å². The molecule has 0 N–H and O–H groups in total. The summed E-state index contributed by atoms with van der Waals surface area (Å²) in [6.07, 6.45) is 1.59. The fraction of sp³-hybridized carbons (Fsp3) is 0.120. The minimum Gasteiger partial charge on any atom is -0.446 e. The first kappa shape index (κ1) is 21.6. The zero-order valence-electron chi connectivity index (χ0n) is 17.1. The Morgan fingerprint density at radius 2 is 1.42 bits per heavy atom. The van der Waals surface area contributed by atoms with Gasteiger partial charge in [-0.2, -0.15) is 0 Å². The molecule has 0 aliphatic carbocycles. The fourth-order valence-electron chi connectivity index (χ4n) is 2.91. The number of non-ortho nitro benzene ring substituents is 1. The number of nitro benzene ring substituents is 1. The number of hydrogen-bond donors (Lipinski definition) is 0. The molecule has 0 heterocycles. The second kappa shape index (κ2) is 9.63. The summed E-state index contributed by atoms with van der Waals surface area (Å²) in [5, 5.41) is 10.7. The van der Waals surface area contributed by atoms with Gasteiger partial charge in [0.2, 0.25) is 5.78 Å². The van der Waals surface area contributed by atoms with E-state index in [1.54, 1.807) is 24.3 Å². The van der Waals surface area contributed by atoms with E-state index in [2.05, 4.69) is 0 Å². The van der Waals surface area contributed by atoms with Crippen LogP contribution in [-0.2, 0) is 9.53 Å². The van der Waals surface area contributed by atoms with E-state index in [-0.39, 0.29) is 11.5 Å². The van der Waals surface area contributed by atoms with Crippen LogP contribution in [-0.4, -0.2) is 16.7 Å². The van der Waals surface area contributed by atoms with Crippen molar-refractivity contribution in [2.24, 2.45) is 0 Å². The third-order valence-corrected chi connectivity index (χ3v) is 4.70. The minimum atomic E-state index is -1.09. The summed E-state index contributed by atoms with van der Waals surface area (Å²) in [5.41, 5.74) is 3.62. The van der Waals surface area contributed by atoms with Crippen molar-refractivity contribution >= 4 is 23.5 Å². The Kier molecular flexibility index (Phi) is 6.72. The zero-order chi connectivity index (χ0) is 22.4. The molecule has 1 atom stereocenters. The Balaban J connectivity index is 1.81. The standard InChI is InChI=1S/C25H21NO5/c1-17-3-10-20(11-4-17)24(28)25(21-12-5-18(2)6-13-21)31-23(27)16-9-19-7-14-22(15-8-19)26(29)30/h3-16,25H,1-2H3/b16-9+/t25-/m1/s1. The molecule has 0 aliphatic rings. The average molecular weight is 415 g/mol. The molecule has 0 unspecified atom stereocenters. The van der Waals surface area contributed by atoms with Crippen LogP contribution in [0.25, 0.3) is 6.08 Å². The summed E-state index contributed by atoms with van der Waals surface area (Å²) in [7, 11) is 0. The smallest absolute Gasteiger partial charge is 0.331 e. The van der Waals surface area contributed by atoms with Crippen molar-refractivity contribution < 1.29 is 19.2 Å². The highest BCUT2D eigenvalue weighted by molar-refractivity contribution is 6.01. The third kappa shape index (κ3) is 5.73. The van der Waals surface area contributed by atoms with Gasteiger partial charge in [0.05, 0.1) is 4.92 Å². The normalized spacial score (nSPS) is 11.8.